The van der Waals surface area contributed by atoms with Gasteiger partial charge < -0.3 is 11.1 Å². The highest BCUT2D eigenvalue weighted by molar-refractivity contribution is 7.90. The first-order valence-electron chi connectivity index (χ1n) is 5.00. The number of sulfone groups is 1. The zero-order valence-electron chi connectivity index (χ0n) is 9.58. The second kappa shape index (κ2) is 5.05. The number of nitrogens with one attached hydrogen (secondary N) is 1. The van der Waals surface area contributed by atoms with E-state index >= 15 is 0 Å². The SMILES string of the molecule is CS(=O)(=O)c1cccc(NCCC(F)(F)F)c1N. The van der Waals surface area contributed by atoms with Gasteiger partial charge in [0.25, 0.3) is 0 Å². The molecule has 18 heavy (non-hydrogen) atoms. The van der Waals surface area contributed by atoms with Gasteiger partial charge in [-0.3, -0.25) is 0 Å². The van der Waals surface area contributed by atoms with Crippen LogP contribution < -0.4 is 11.1 Å². The molecule has 1 aromatic carbocycles. The molecule has 8 heteroatoms. The van der Waals surface area contributed by atoms with Crippen LogP contribution in [-0.2, 0) is 9.84 Å². The first kappa shape index (κ1) is 14.6. The summed E-state index contributed by atoms with van der Waals surface area (Å²) in [5.41, 5.74) is 5.71. The van der Waals surface area contributed by atoms with Gasteiger partial charge in [-0.25, -0.2) is 8.42 Å². The Morgan fingerprint density at radius 1 is 1.33 bits per heavy atom. The third kappa shape index (κ3) is 4.10. The maximum Gasteiger partial charge on any atom is 0.390 e. The summed E-state index contributed by atoms with van der Waals surface area (Å²) >= 11 is 0. The molecule has 0 saturated heterocycles. The Labute approximate surface area is 103 Å². The maximum atomic E-state index is 12.0. The van der Waals surface area contributed by atoms with Crippen molar-refractivity contribution < 1.29 is 21.6 Å². The van der Waals surface area contributed by atoms with Gasteiger partial charge in [0.15, 0.2) is 9.84 Å². The molecule has 1 rings (SSSR count). The van der Waals surface area contributed by atoms with Crippen LogP contribution in [0.15, 0.2) is 23.1 Å². The summed E-state index contributed by atoms with van der Waals surface area (Å²) < 4.78 is 58.6. The van der Waals surface area contributed by atoms with Crippen LogP contribution in [0, 0.1) is 0 Å². The fraction of sp³-hybridized carbons (Fsp3) is 0.400. The predicted molar refractivity (Wildman–Crippen MR) is 63.1 cm³/mol. The Balaban J connectivity index is 2.86. The molecule has 0 aliphatic carbocycles. The molecule has 3 N–H and O–H groups in total. The minimum Gasteiger partial charge on any atom is -0.396 e. The van der Waals surface area contributed by atoms with Crippen LogP contribution in [0.1, 0.15) is 6.42 Å². The van der Waals surface area contributed by atoms with Gasteiger partial charge in [0.1, 0.15) is 0 Å². The summed E-state index contributed by atoms with van der Waals surface area (Å²) in [6.07, 6.45) is -4.30. The molecule has 0 unspecified atom stereocenters. The summed E-state index contributed by atoms with van der Waals surface area (Å²) in [5.74, 6) is 0. The number of rotatable bonds is 4. The Morgan fingerprint density at radius 2 is 1.94 bits per heavy atom. The number of benzene rings is 1. The average molecular weight is 282 g/mol. The first-order chi connectivity index (χ1) is 8.11. The van der Waals surface area contributed by atoms with Crippen molar-refractivity contribution in [2.75, 3.05) is 23.9 Å². The van der Waals surface area contributed by atoms with E-state index < -0.39 is 22.4 Å². The molecule has 0 bridgehead atoms. The number of para-hydroxylation sites is 1. The highest BCUT2D eigenvalue weighted by Crippen LogP contribution is 2.27. The summed E-state index contributed by atoms with van der Waals surface area (Å²) in [4.78, 5) is -0.0977. The van der Waals surface area contributed by atoms with Crippen molar-refractivity contribution in [1.82, 2.24) is 0 Å². The molecule has 1 aromatic rings. The Hall–Kier alpha value is -1.44. The van der Waals surface area contributed by atoms with E-state index in [1.54, 1.807) is 0 Å². The minimum atomic E-state index is -4.27. The number of nitrogen functional groups attached to an aromatic ring is 1. The summed E-state index contributed by atoms with van der Waals surface area (Å²) in [5, 5.41) is 2.47. The fourth-order valence-corrected chi connectivity index (χ4v) is 2.20. The molecule has 0 heterocycles. The van der Waals surface area contributed by atoms with Crippen molar-refractivity contribution in [3.63, 3.8) is 0 Å². The summed E-state index contributed by atoms with van der Waals surface area (Å²) in [6, 6.07) is 4.16. The second-order valence-electron chi connectivity index (χ2n) is 3.78. The quantitative estimate of drug-likeness (QED) is 0.829. The normalized spacial score (nSPS) is 12.4. The molecular formula is C10H13F3N2O2S. The number of nitrogens with two attached hydrogens (primary N) is 1. The highest BCUT2D eigenvalue weighted by atomic mass is 32.2. The van der Waals surface area contributed by atoms with Crippen LogP contribution in [0.3, 0.4) is 0 Å². The fourth-order valence-electron chi connectivity index (χ4n) is 1.36. The van der Waals surface area contributed by atoms with Gasteiger partial charge in [0.2, 0.25) is 0 Å². The van der Waals surface area contributed by atoms with E-state index in [1.807, 2.05) is 0 Å². The van der Waals surface area contributed by atoms with Crippen molar-refractivity contribution in [2.24, 2.45) is 0 Å². The van der Waals surface area contributed by atoms with E-state index in [0.717, 1.165) is 6.26 Å². The van der Waals surface area contributed by atoms with E-state index in [9.17, 15) is 21.6 Å². The first-order valence-corrected chi connectivity index (χ1v) is 6.89. The lowest BCUT2D eigenvalue weighted by molar-refractivity contribution is -0.131. The van der Waals surface area contributed by atoms with Gasteiger partial charge in [-0.2, -0.15) is 13.2 Å². The number of anilines is 2. The number of hydrogen-bond acceptors (Lipinski definition) is 4. The smallest absolute Gasteiger partial charge is 0.390 e. The third-order valence-electron chi connectivity index (χ3n) is 2.19. The largest absolute Gasteiger partial charge is 0.396 e. The molecule has 0 spiro atoms. The van der Waals surface area contributed by atoms with Crippen molar-refractivity contribution in [2.45, 2.75) is 17.5 Å². The van der Waals surface area contributed by atoms with Crippen LogP contribution in [0.25, 0.3) is 0 Å². The van der Waals surface area contributed by atoms with Gasteiger partial charge in [-0.05, 0) is 12.1 Å². The van der Waals surface area contributed by atoms with Gasteiger partial charge in [-0.15, -0.1) is 0 Å². The monoisotopic (exact) mass is 282 g/mol. The predicted octanol–water partition coefficient (Wildman–Crippen LogP) is 2.04. The van der Waals surface area contributed by atoms with Crippen molar-refractivity contribution in [3.05, 3.63) is 18.2 Å². The van der Waals surface area contributed by atoms with Crippen LogP contribution in [-0.4, -0.2) is 27.4 Å². The van der Waals surface area contributed by atoms with E-state index in [2.05, 4.69) is 5.32 Å². The van der Waals surface area contributed by atoms with Gasteiger partial charge in [0, 0.05) is 12.8 Å². The number of hydrogen-bond donors (Lipinski definition) is 2. The lowest BCUT2D eigenvalue weighted by Gasteiger charge is -2.13. The van der Waals surface area contributed by atoms with E-state index in [1.165, 1.54) is 18.2 Å². The zero-order chi connectivity index (χ0) is 14.0. The molecule has 0 aromatic heterocycles. The third-order valence-corrected chi connectivity index (χ3v) is 3.34. The zero-order valence-corrected chi connectivity index (χ0v) is 10.4. The second-order valence-corrected chi connectivity index (χ2v) is 5.77. The summed E-state index contributed by atoms with van der Waals surface area (Å²) in [7, 11) is -3.50. The Morgan fingerprint density at radius 3 is 2.44 bits per heavy atom. The Kier molecular flexibility index (Phi) is 4.10. The molecule has 0 saturated carbocycles. The van der Waals surface area contributed by atoms with Crippen LogP contribution in [0.4, 0.5) is 24.5 Å². The molecule has 0 atom stereocenters. The molecule has 0 amide bonds. The molecule has 4 nitrogen and oxygen atoms in total. The van der Waals surface area contributed by atoms with Crippen LogP contribution in [0.2, 0.25) is 0 Å². The average Bonchev–Trinajstić information content (AvgIpc) is 2.17. The maximum absolute atomic E-state index is 12.0. The van der Waals surface area contributed by atoms with Gasteiger partial charge >= 0.3 is 6.18 Å². The molecule has 0 fully saturated rings. The molecule has 102 valence electrons. The van der Waals surface area contributed by atoms with Crippen molar-refractivity contribution in [3.8, 4) is 0 Å². The topological polar surface area (TPSA) is 72.2 Å². The standard InChI is InChI=1S/C10H13F3N2O2S/c1-18(16,17)8-4-2-3-7(9(8)14)15-6-5-10(11,12)13/h2-4,15H,5-6,14H2,1H3. The van der Waals surface area contributed by atoms with Crippen molar-refractivity contribution >= 4 is 21.2 Å². The van der Waals surface area contributed by atoms with Crippen LogP contribution >= 0.6 is 0 Å². The Bertz CT molecular complexity index is 526. The van der Waals surface area contributed by atoms with E-state index in [0.29, 0.717) is 0 Å². The number of alkyl halides is 3. The minimum absolute atomic E-state index is 0.0674. The number of halogens is 3. The lowest BCUT2D eigenvalue weighted by Crippen LogP contribution is -2.15. The van der Waals surface area contributed by atoms with E-state index in [4.69, 9.17) is 5.73 Å². The van der Waals surface area contributed by atoms with Crippen LogP contribution in [0.5, 0.6) is 0 Å². The van der Waals surface area contributed by atoms with E-state index in [-0.39, 0.29) is 22.8 Å². The van der Waals surface area contributed by atoms with Gasteiger partial charge in [-0.1, -0.05) is 6.07 Å². The lowest BCUT2D eigenvalue weighted by atomic mass is 10.2. The van der Waals surface area contributed by atoms with Crippen molar-refractivity contribution in [1.29, 1.82) is 0 Å². The molecule has 0 radical (unpaired) electrons. The highest BCUT2D eigenvalue weighted by Gasteiger charge is 2.26. The molecule has 0 aliphatic heterocycles. The van der Waals surface area contributed by atoms with Gasteiger partial charge in [0.05, 0.1) is 22.7 Å². The molecular weight excluding hydrogens is 269 g/mol. The molecule has 0 aliphatic rings. The summed E-state index contributed by atoms with van der Waals surface area (Å²) in [6.45, 7) is -0.360.